The van der Waals surface area contributed by atoms with Gasteiger partial charge in [0.1, 0.15) is 5.82 Å². The molecular weight excluding hydrogens is 663 g/mol. The maximum Gasteiger partial charge on any atom is 0.145 e. The third-order valence-electron chi connectivity index (χ3n) is 10.6. The zero-order valence-electron chi connectivity index (χ0n) is 28.6. The highest BCUT2D eigenvalue weighted by atomic mass is 32.1. The van der Waals surface area contributed by atoms with E-state index in [0.29, 0.717) is 0 Å². The number of thiophene rings is 1. The molecule has 4 heteroatoms. The highest BCUT2D eigenvalue weighted by molar-refractivity contribution is 7.26. The molecule has 0 atom stereocenters. The molecule has 8 aromatic carbocycles. The predicted octanol–water partition coefficient (Wildman–Crippen LogP) is 13.5. The second kappa shape index (κ2) is 11.9. The third-order valence-corrected chi connectivity index (χ3v) is 11.8. The first-order valence-electron chi connectivity index (χ1n) is 18.0. The van der Waals surface area contributed by atoms with Crippen LogP contribution in [0, 0.1) is 0 Å². The zero-order chi connectivity index (χ0) is 34.9. The summed E-state index contributed by atoms with van der Waals surface area (Å²) in [6.07, 6.45) is 0. The van der Waals surface area contributed by atoms with E-state index >= 15 is 0 Å². The summed E-state index contributed by atoms with van der Waals surface area (Å²) in [5.74, 6) is 0.933. The van der Waals surface area contributed by atoms with Gasteiger partial charge in [0.15, 0.2) is 0 Å². The first-order chi connectivity index (χ1) is 26.3. The van der Waals surface area contributed by atoms with Gasteiger partial charge in [0.2, 0.25) is 0 Å². The molecule has 248 valence electrons. The molecule has 0 bridgehead atoms. The van der Waals surface area contributed by atoms with Crippen LogP contribution in [0.5, 0.6) is 0 Å². The quantitative estimate of drug-likeness (QED) is 0.176. The molecule has 0 aliphatic heterocycles. The fraction of sp³-hybridized carbons (Fsp3) is 0. The van der Waals surface area contributed by atoms with Crippen molar-refractivity contribution in [2.75, 3.05) is 0 Å². The normalized spacial score (nSPS) is 11.8. The Morgan fingerprint density at radius 1 is 0.358 bits per heavy atom. The molecule has 3 heterocycles. The van der Waals surface area contributed by atoms with Gasteiger partial charge < -0.3 is 4.57 Å². The van der Waals surface area contributed by atoms with Crippen LogP contribution in [-0.2, 0) is 0 Å². The van der Waals surface area contributed by atoms with Gasteiger partial charge in [-0.25, -0.2) is 4.98 Å². The molecule has 0 saturated heterocycles. The van der Waals surface area contributed by atoms with E-state index in [1.54, 1.807) is 0 Å². The van der Waals surface area contributed by atoms with Gasteiger partial charge in [0.25, 0.3) is 0 Å². The van der Waals surface area contributed by atoms with Crippen molar-refractivity contribution in [2.45, 2.75) is 0 Å². The van der Waals surface area contributed by atoms with Crippen LogP contribution in [0.4, 0.5) is 0 Å². The van der Waals surface area contributed by atoms with E-state index in [2.05, 4.69) is 197 Å². The van der Waals surface area contributed by atoms with E-state index in [-0.39, 0.29) is 0 Å². The van der Waals surface area contributed by atoms with Crippen molar-refractivity contribution in [3.63, 3.8) is 0 Å². The Hall–Kier alpha value is -6.75. The van der Waals surface area contributed by atoms with Crippen molar-refractivity contribution in [2.24, 2.45) is 0 Å². The van der Waals surface area contributed by atoms with Crippen molar-refractivity contribution in [1.29, 1.82) is 0 Å². The molecule has 11 rings (SSSR count). The van der Waals surface area contributed by atoms with Crippen LogP contribution in [0.3, 0.4) is 0 Å². The van der Waals surface area contributed by atoms with E-state index in [9.17, 15) is 0 Å². The predicted molar refractivity (Wildman–Crippen MR) is 225 cm³/mol. The van der Waals surface area contributed by atoms with Gasteiger partial charge in [-0.05, 0) is 89.0 Å². The zero-order valence-corrected chi connectivity index (χ0v) is 29.5. The average molecular weight is 694 g/mol. The number of hydrogen-bond donors (Lipinski definition) is 0. The molecule has 0 fully saturated rings. The summed E-state index contributed by atoms with van der Waals surface area (Å²) in [7, 11) is 0. The molecule has 0 saturated carbocycles. The van der Waals surface area contributed by atoms with Crippen molar-refractivity contribution in [3.05, 3.63) is 188 Å². The van der Waals surface area contributed by atoms with Crippen LogP contribution >= 0.6 is 11.3 Å². The molecule has 11 aromatic rings. The SMILES string of the molecule is c1ccc(-c2cccc3c2sc2c(-c4ccc5c(c4)c4ccccc4n5-c4ccc(-c5nc6ccccc6n5-c5ccccc5)cc4)cccc23)cc1. The van der Waals surface area contributed by atoms with Crippen LogP contribution in [0.25, 0.3) is 98.0 Å². The second-order valence-corrected chi connectivity index (χ2v) is 14.6. The number of aromatic nitrogens is 3. The number of hydrogen-bond acceptors (Lipinski definition) is 2. The lowest BCUT2D eigenvalue weighted by Gasteiger charge is -2.12. The Bertz CT molecular complexity index is 3150. The van der Waals surface area contributed by atoms with Gasteiger partial charge in [-0.1, -0.05) is 121 Å². The molecule has 3 aromatic heterocycles. The maximum absolute atomic E-state index is 5.10. The van der Waals surface area contributed by atoms with E-state index < -0.39 is 0 Å². The van der Waals surface area contributed by atoms with Crippen LogP contribution < -0.4 is 0 Å². The number of para-hydroxylation sites is 4. The standard InChI is InChI=1S/C49H31N3S/c1-3-13-32(14-4-1)37-18-11-20-40-41-21-12-19-38(48(41)53-47(37)40)34-27-30-45-42(31-34)39-17-7-9-23-44(39)51(45)36-28-25-33(26-29-36)49-50-43-22-8-10-24-46(43)52(49)35-15-5-2-6-16-35/h1-31H. The van der Waals surface area contributed by atoms with Gasteiger partial charge >= 0.3 is 0 Å². The first-order valence-corrected chi connectivity index (χ1v) is 18.8. The number of imidazole rings is 1. The lowest BCUT2D eigenvalue weighted by atomic mass is 9.99. The summed E-state index contributed by atoms with van der Waals surface area (Å²) in [6.45, 7) is 0. The second-order valence-electron chi connectivity index (χ2n) is 13.6. The number of rotatable bonds is 5. The number of benzene rings is 8. The van der Waals surface area contributed by atoms with E-state index in [0.717, 1.165) is 33.8 Å². The highest BCUT2D eigenvalue weighted by Gasteiger charge is 2.18. The molecule has 0 amide bonds. The van der Waals surface area contributed by atoms with Gasteiger partial charge in [0.05, 0.1) is 22.1 Å². The minimum Gasteiger partial charge on any atom is -0.309 e. The van der Waals surface area contributed by atoms with Gasteiger partial charge in [-0.15, -0.1) is 11.3 Å². The Kier molecular flexibility index (Phi) is 6.73. The van der Waals surface area contributed by atoms with Crippen molar-refractivity contribution < 1.29 is 0 Å². The van der Waals surface area contributed by atoms with Crippen LogP contribution in [0.2, 0.25) is 0 Å². The lowest BCUT2D eigenvalue weighted by molar-refractivity contribution is 1.10. The lowest BCUT2D eigenvalue weighted by Crippen LogP contribution is -1.98. The summed E-state index contributed by atoms with van der Waals surface area (Å²) in [5, 5.41) is 5.11. The van der Waals surface area contributed by atoms with Crippen molar-refractivity contribution in [3.8, 4) is 45.0 Å². The topological polar surface area (TPSA) is 22.8 Å². The average Bonchev–Trinajstić information content (AvgIpc) is 3.91. The molecular formula is C49H31N3S. The number of nitrogens with zero attached hydrogens (tertiary/aromatic N) is 3. The Labute approximate surface area is 310 Å². The summed E-state index contributed by atoms with van der Waals surface area (Å²) >= 11 is 1.90. The molecule has 3 nitrogen and oxygen atoms in total. The fourth-order valence-electron chi connectivity index (χ4n) is 8.13. The fourth-order valence-corrected chi connectivity index (χ4v) is 9.50. The molecule has 0 unspecified atom stereocenters. The monoisotopic (exact) mass is 693 g/mol. The van der Waals surface area contributed by atoms with Crippen molar-refractivity contribution >= 4 is 64.3 Å². The van der Waals surface area contributed by atoms with Gasteiger partial charge in [-0.2, -0.15) is 0 Å². The first kappa shape index (κ1) is 29.9. The van der Waals surface area contributed by atoms with Crippen LogP contribution in [0.1, 0.15) is 0 Å². The maximum atomic E-state index is 5.10. The minimum absolute atomic E-state index is 0.933. The minimum atomic E-state index is 0.933. The molecule has 0 N–H and O–H groups in total. The molecule has 0 radical (unpaired) electrons. The van der Waals surface area contributed by atoms with Crippen molar-refractivity contribution in [1.82, 2.24) is 14.1 Å². The Morgan fingerprint density at radius 2 is 0.925 bits per heavy atom. The summed E-state index contributed by atoms with van der Waals surface area (Å²) < 4.78 is 7.31. The summed E-state index contributed by atoms with van der Waals surface area (Å²) in [5.41, 5.74) is 12.8. The molecule has 0 aliphatic carbocycles. The highest BCUT2D eigenvalue weighted by Crippen LogP contribution is 2.45. The van der Waals surface area contributed by atoms with Gasteiger partial charge in [-0.3, -0.25) is 4.57 Å². The van der Waals surface area contributed by atoms with E-state index in [1.165, 1.54) is 64.2 Å². The Morgan fingerprint density at radius 3 is 1.68 bits per heavy atom. The van der Waals surface area contributed by atoms with E-state index in [1.807, 2.05) is 11.3 Å². The summed E-state index contributed by atoms with van der Waals surface area (Å²) in [6, 6.07) is 67.7. The Balaban J connectivity index is 1.05. The largest absolute Gasteiger partial charge is 0.309 e. The van der Waals surface area contributed by atoms with Crippen LogP contribution in [0.15, 0.2) is 188 Å². The molecule has 0 aliphatic rings. The summed E-state index contributed by atoms with van der Waals surface area (Å²) in [4.78, 5) is 5.10. The van der Waals surface area contributed by atoms with Crippen LogP contribution in [-0.4, -0.2) is 14.1 Å². The third kappa shape index (κ3) is 4.70. The van der Waals surface area contributed by atoms with E-state index in [4.69, 9.17) is 4.98 Å². The molecule has 0 spiro atoms. The number of fused-ring (bicyclic) bond motifs is 7. The van der Waals surface area contributed by atoms with Gasteiger partial charge in [0, 0.05) is 47.9 Å². The molecule has 53 heavy (non-hydrogen) atoms. The smallest absolute Gasteiger partial charge is 0.145 e.